The first-order valence-corrected chi connectivity index (χ1v) is 24.0. The van der Waals surface area contributed by atoms with Crippen LogP contribution in [0.5, 0.6) is 0 Å². The lowest BCUT2D eigenvalue weighted by molar-refractivity contribution is -0.341. The standard InChI is InChI=1S/C56H68O11/c1-3-4-5-6-7-23-34-60-55-53(51(62-38-46-30-19-11-20-31-46)49(65-55)41-59-36-44-26-15-9-16-27-44)67-56-54(64-42(2)57)52(63-39-47-32-21-12-22-33-47)50(61-37-45-28-17-10-18-29-45)48(66-56)40-58-35-43-24-13-8-14-25-43/h8-22,24-33,48-56H,3-7,23,34-41H2,1-2H3/t48-,49-,50-,51-,52+,53+,54+,55+,56-/m1/s1. The largest absolute Gasteiger partial charge is 0.454 e. The van der Waals surface area contributed by atoms with Gasteiger partial charge in [-0.15, -0.1) is 0 Å². The zero-order chi connectivity index (χ0) is 46.3. The summed E-state index contributed by atoms with van der Waals surface area (Å²) in [7, 11) is 0. The van der Waals surface area contributed by atoms with Crippen LogP contribution in [0, 0.1) is 0 Å². The smallest absolute Gasteiger partial charge is 0.303 e. The fourth-order valence-electron chi connectivity index (χ4n) is 8.41. The lowest BCUT2D eigenvalue weighted by Gasteiger charge is -2.46. The maximum atomic E-state index is 13.2. The molecule has 0 saturated carbocycles. The van der Waals surface area contributed by atoms with Crippen LogP contribution in [0.25, 0.3) is 0 Å². The van der Waals surface area contributed by atoms with E-state index in [9.17, 15) is 4.79 Å². The highest BCUT2D eigenvalue weighted by Crippen LogP contribution is 2.36. The molecule has 0 spiro atoms. The van der Waals surface area contributed by atoms with Crippen molar-refractivity contribution in [2.75, 3.05) is 19.8 Å². The Morgan fingerprint density at radius 1 is 0.433 bits per heavy atom. The number of esters is 1. The molecule has 5 aromatic rings. The van der Waals surface area contributed by atoms with Crippen LogP contribution in [0.3, 0.4) is 0 Å². The molecule has 0 amide bonds. The van der Waals surface area contributed by atoms with Crippen molar-refractivity contribution in [2.45, 2.75) is 141 Å². The second-order valence-corrected chi connectivity index (χ2v) is 17.2. The topological polar surface area (TPSA) is 109 Å². The Kier molecular flexibility index (Phi) is 20.8. The SMILES string of the molecule is CCCCCCCCO[C@H]1O[C@H](COCc2ccccc2)[C@@H](OCc2ccccc2)[C@@H]1O[C@H]1O[C@H](COCc2ccccc2)[C@@H](OCc2ccccc2)[C@H](OCc2ccccc2)[C@@H]1OC(C)=O. The Morgan fingerprint density at radius 2 is 0.821 bits per heavy atom. The molecule has 2 fully saturated rings. The molecule has 9 atom stereocenters. The number of ether oxygens (including phenoxy) is 10. The lowest BCUT2D eigenvalue weighted by Crippen LogP contribution is -2.63. The van der Waals surface area contributed by atoms with E-state index in [0.717, 1.165) is 47.1 Å². The highest BCUT2D eigenvalue weighted by molar-refractivity contribution is 5.66. The minimum atomic E-state index is -1.19. The highest BCUT2D eigenvalue weighted by Gasteiger charge is 2.55. The molecule has 7 rings (SSSR count). The number of hydrogen-bond donors (Lipinski definition) is 0. The predicted octanol–water partition coefficient (Wildman–Crippen LogP) is 10.3. The van der Waals surface area contributed by atoms with Crippen molar-refractivity contribution in [1.29, 1.82) is 0 Å². The van der Waals surface area contributed by atoms with Crippen molar-refractivity contribution < 1.29 is 52.2 Å². The van der Waals surface area contributed by atoms with Gasteiger partial charge in [0.2, 0.25) is 0 Å². The zero-order valence-corrected chi connectivity index (χ0v) is 39.0. The van der Waals surface area contributed by atoms with Crippen LogP contribution in [0.2, 0.25) is 0 Å². The van der Waals surface area contributed by atoms with E-state index in [1.807, 2.05) is 152 Å². The van der Waals surface area contributed by atoms with Gasteiger partial charge in [-0.2, -0.15) is 0 Å². The Labute approximate surface area is 396 Å². The number of hydrogen-bond acceptors (Lipinski definition) is 11. The van der Waals surface area contributed by atoms with Gasteiger partial charge in [0.05, 0.1) is 46.2 Å². The number of benzene rings is 5. The van der Waals surface area contributed by atoms with Gasteiger partial charge in [-0.05, 0) is 34.2 Å². The maximum Gasteiger partial charge on any atom is 0.303 e. The molecule has 11 nitrogen and oxygen atoms in total. The van der Waals surface area contributed by atoms with Crippen molar-refractivity contribution in [3.8, 4) is 0 Å². The van der Waals surface area contributed by atoms with E-state index in [4.69, 9.17) is 47.4 Å². The molecular weight excluding hydrogens is 849 g/mol. The minimum Gasteiger partial charge on any atom is -0.454 e. The lowest BCUT2D eigenvalue weighted by atomic mass is 9.97. The Balaban J connectivity index is 1.20. The van der Waals surface area contributed by atoms with Crippen LogP contribution in [0.1, 0.15) is 80.2 Å². The quantitative estimate of drug-likeness (QED) is 0.0353. The summed E-state index contributed by atoms with van der Waals surface area (Å²) in [5.41, 5.74) is 4.93. The third-order valence-electron chi connectivity index (χ3n) is 11.9. The van der Waals surface area contributed by atoms with Crippen molar-refractivity contribution in [1.82, 2.24) is 0 Å². The molecule has 0 aromatic heterocycles. The van der Waals surface area contributed by atoms with Crippen molar-refractivity contribution >= 4 is 5.97 Å². The van der Waals surface area contributed by atoms with Crippen LogP contribution in [-0.2, 0) is 85.2 Å². The third kappa shape index (κ3) is 16.2. The molecule has 0 radical (unpaired) electrons. The summed E-state index contributed by atoms with van der Waals surface area (Å²) in [6, 6.07) is 49.7. The van der Waals surface area contributed by atoms with E-state index >= 15 is 0 Å². The second-order valence-electron chi connectivity index (χ2n) is 17.2. The molecule has 11 heteroatoms. The molecule has 67 heavy (non-hydrogen) atoms. The number of unbranched alkanes of at least 4 members (excludes halogenated alkanes) is 5. The molecule has 2 aliphatic rings. The van der Waals surface area contributed by atoms with Crippen LogP contribution < -0.4 is 0 Å². The van der Waals surface area contributed by atoms with Crippen LogP contribution >= 0.6 is 0 Å². The molecule has 0 N–H and O–H groups in total. The van der Waals surface area contributed by atoms with Gasteiger partial charge < -0.3 is 47.4 Å². The Morgan fingerprint density at radius 3 is 1.27 bits per heavy atom. The Bertz CT molecular complexity index is 2080. The molecule has 0 bridgehead atoms. The third-order valence-corrected chi connectivity index (χ3v) is 11.9. The zero-order valence-electron chi connectivity index (χ0n) is 39.0. The van der Waals surface area contributed by atoms with E-state index in [1.54, 1.807) is 0 Å². The average Bonchev–Trinajstić information content (AvgIpc) is 3.68. The molecule has 2 aliphatic heterocycles. The molecule has 0 unspecified atom stereocenters. The summed E-state index contributed by atoms with van der Waals surface area (Å²) in [5, 5.41) is 0. The highest BCUT2D eigenvalue weighted by atomic mass is 16.8. The molecule has 2 heterocycles. The summed E-state index contributed by atoms with van der Waals surface area (Å²) < 4.78 is 66.9. The van der Waals surface area contributed by atoms with E-state index in [-0.39, 0.29) is 33.0 Å². The molecule has 2 saturated heterocycles. The fourth-order valence-corrected chi connectivity index (χ4v) is 8.41. The molecule has 358 valence electrons. The fraction of sp³-hybridized carbons (Fsp3) is 0.446. The van der Waals surface area contributed by atoms with Gasteiger partial charge >= 0.3 is 5.97 Å². The van der Waals surface area contributed by atoms with Crippen molar-refractivity contribution in [3.63, 3.8) is 0 Å². The van der Waals surface area contributed by atoms with E-state index in [0.29, 0.717) is 19.8 Å². The predicted molar refractivity (Wildman–Crippen MR) is 254 cm³/mol. The maximum absolute atomic E-state index is 13.2. The molecule has 5 aromatic carbocycles. The van der Waals surface area contributed by atoms with Crippen LogP contribution in [-0.4, -0.2) is 81.1 Å². The van der Waals surface area contributed by atoms with Gasteiger partial charge in [-0.25, -0.2) is 0 Å². The van der Waals surface area contributed by atoms with Gasteiger partial charge in [-0.1, -0.05) is 191 Å². The summed E-state index contributed by atoms with van der Waals surface area (Å²) in [6.45, 7) is 5.83. The number of rotatable bonds is 28. The first-order valence-electron chi connectivity index (χ1n) is 24.0. The number of carbonyl (C=O) groups excluding carboxylic acids is 1. The number of carbonyl (C=O) groups is 1. The Hall–Kier alpha value is -4.79. The van der Waals surface area contributed by atoms with Gasteiger partial charge in [-0.3, -0.25) is 4.79 Å². The van der Waals surface area contributed by atoms with E-state index in [1.165, 1.54) is 26.2 Å². The molecular formula is C56H68O11. The minimum absolute atomic E-state index is 0.120. The molecule has 0 aliphatic carbocycles. The van der Waals surface area contributed by atoms with Crippen LogP contribution in [0.15, 0.2) is 152 Å². The van der Waals surface area contributed by atoms with E-state index in [2.05, 4.69) is 6.92 Å². The summed E-state index contributed by atoms with van der Waals surface area (Å²) in [5.74, 6) is -0.529. The normalized spacial score (nSPS) is 23.8. The monoisotopic (exact) mass is 916 g/mol. The van der Waals surface area contributed by atoms with Gasteiger partial charge in [0.25, 0.3) is 0 Å². The second kappa shape index (κ2) is 27.9. The van der Waals surface area contributed by atoms with Gasteiger partial charge in [0.1, 0.15) is 36.6 Å². The first kappa shape index (κ1) is 50.1. The average molecular weight is 917 g/mol. The summed E-state index contributed by atoms with van der Waals surface area (Å²) in [6.07, 6.45) is -1.01. The van der Waals surface area contributed by atoms with Gasteiger partial charge in [0, 0.05) is 13.5 Å². The van der Waals surface area contributed by atoms with Crippen molar-refractivity contribution in [3.05, 3.63) is 179 Å². The van der Waals surface area contributed by atoms with Crippen molar-refractivity contribution in [2.24, 2.45) is 0 Å². The van der Waals surface area contributed by atoms with Gasteiger partial charge in [0.15, 0.2) is 18.7 Å². The van der Waals surface area contributed by atoms with E-state index < -0.39 is 61.3 Å². The summed E-state index contributed by atoms with van der Waals surface area (Å²) >= 11 is 0. The summed E-state index contributed by atoms with van der Waals surface area (Å²) in [4.78, 5) is 13.2. The first-order chi connectivity index (χ1) is 33.0. The van der Waals surface area contributed by atoms with Crippen LogP contribution in [0.4, 0.5) is 0 Å².